The Labute approximate surface area is 109 Å². The van der Waals surface area contributed by atoms with Gasteiger partial charge in [0.15, 0.2) is 0 Å². The summed E-state index contributed by atoms with van der Waals surface area (Å²) in [5.41, 5.74) is 2.31. The van der Waals surface area contributed by atoms with Gasteiger partial charge in [-0.3, -0.25) is 4.99 Å². The van der Waals surface area contributed by atoms with Crippen LogP contribution in [0.2, 0.25) is 0 Å². The molecule has 2 nitrogen and oxygen atoms in total. The molecule has 0 bridgehead atoms. The molecule has 0 fully saturated rings. The number of nitrogens with zero attached hydrogens (tertiary/aromatic N) is 2. The lowest BCUT2D eigenvalue weighted by Crippen LogP contribution is -2.31. The van der Waals surface area contributed by atoms with Crippen LogP contribution in [0.1, 0.15) is 12.5 Å². The maximum atomic E-state index is 4.45. The third kappa shape index (κ3) is 2.59. The van der Waals surface area contributed by atoms with Gasteiger partial charge in [-0.25, -0.2) is 0 Å². The highest BCUT2D eigenvalue weighted by Crippen LogP contribution is 2.17. The van der Waals surface area contributed by atoms with Gasteiger partial charge in [-0.05, 0) is 19.1 Å². The Hall–Kier alpha value is -2.09. The summed E-state index contributed by atoms with van der Waals surface area (Å²) >= 11 is 0. The van der Waals surface area contributed by atoms with Crippen LogP contribution in [0.15, 0.2) is 65.7 Å². The fourth-order valence-electron chi connectivity index (χ4n) is 2.06. The van der Waals surface area contributed by atoms with Crippen LogP contribution < -0.4 is 4.90 Å². The first-order valence-corrected chi connectivity index (χ1v) is 6.21. The van der Waals surface area contributed by atoms with Crippen LogP contribution in [-0.4, -0.2) is 19.4 Å². The maximum absolute atomic E-state index is 4.45. The molecule has 18 heavy (non-hydrogen) atoms. The van der Waals surface area contributed by atoms with E-state index in [4.69, 9.17) is 0 Å². The van der Waals surface area contributed by atoms with Gasteiger partial charge >= 0.3 is 0 Å². The number of benzene rings is 2. The highest BCUT2D eigenvalue weighted by molar-refractivity contribution is 6.09. The summed E-state index contributed by atoms with van der Waals surface area (Å²) in [5, 5.41) is 0. The number of anilines is 1. The largest absolute Gasteiger partial charge is 0.326 e. The lowest BCUT2D eigenvalue weighted by atomic mass is 10.1. The van der Waals surface area contributed by atoms with Crippen molar-refractivity contribution in [1.29, 1.82) is 0 Å². The van der Waals surface area contributed by atoms with Gasteiger partial charge in [0.25, 0.3) is 0 Å². The Kier molecular flexibility index (Phi) is 4.13. The lowest BCUT2D eigenvalue weighted by molar-refractivity contribution is 1.05. The van der Waals surface area contributed by atoms with E-state index in [2.05, 4.69) is 53.2 Å². The van der Waals surface area contributed by atoms with E-state index in [1.807, 2.05) is 31.3 Å². The zero-order chi connectivity index (χ0) is 12.8. The molecule has 0 saturated heterocycles. The van der Waals surface area contributed by atoms with Gasteiger partial charge in [-0.2, -0.15) is 0 Å². The molecule has 2 rings (SSSR count). The number of aliphatic imine (C=N–C) groups is 1. The van der Waals surface area contributed by atoms with Gasteiger partial charge in [0, 0.05) is 24.8 Å². The van der Waals surface area contributed by atoms with Crippen LogP contribution in [0, 0.1) is 0 Å². The normalized spacial score (nSPS) is 11.3. The molecule has 0 aliphatic rings. The van der Waals surface area contributed by atoms with E-state index >= 15 is 0 Å². The van der Waals surface area contributed by atoms with Gasteiger partial charge in [-0.1, -0.05) is 48.5 Å². The van der Waals surface area contributed by atoms with Crippen molar-refractivity contribution in [2.24, 2.45) is 4.99 Å². The van der Waals surface area contributed by atoms with E-state index in [0.29, 0.717) is 0 Å². The van der Waals surface area contributed by atoms with Crippen molar-refractivity contribution in [2.75, 3.05) is 18.5 Å². The van der Waals surface area contributed by atoms with Gasteiger partial charge in [0.1, 0.15) is 5.84 Å². The number of hydrogen-bond acceptors (Lipinski definition) is 1. The Bertz CT molecular complexity index is 503. The molecular weight excluding hydrogens is 220 g/mol. The van der Waals surface area contributed by atoms with E-state index in [1.54, 1.807) is 0 Å². The third-order valence-corrected chi connectivity index (χ3v) is 2.88. The topological polar surface area (TPSA) is 15.6 Å². The molecule has 0 aromatic heterocycles. The average Bonchev–Trinajstić information content (AvgIpc) is 2.46. The third-order valence-electron chi connectivity index (χ3n) is 2.88. The molecule has 0 saturated carbocycles. The Balaban J connectivity index is 2.38. The minimum absolute atomic E-state index is 0.894. The SMILES string of the molecule is CCN(C(=NC)c1ccccc1)c1ccccc1. The first-order chi connectivity index (χ1) is 8.86. The molecule has 0 N–H and O–H groups in total. The van der Waals surface area contributed by atoms with Crippen LogP contribution >= 0.6 is 0 Å². The van der Waals surface area contributed by atoms with E-state index in [1.165, 1.54) is 5.69 Å². The highest BCUT2D eigenvalue weighted by atomic mass is 15.2. The van der Waals surface area contributed by atoms with E-state index in [9.17, 15) is 0 Å². The molecular formula is C16H18N2. The first-order valence-electron chi connectivity index (χ1n) is 6.21. The van der Waals surface area contributed by atoms with E-state index < -0.39 is 0 Å². The molecule has 0 radical (unpaired) electrons. The fraction of sp³-hybridized carbons (Fsp3) is 0.188. The van der Waals surface area contributed by atoms with Gasteiger partial charge in [-0.15, -0.1) is 0 Å². The summed E-state index contributed by atoms with van der Waals surface area (Å²) < 4.78 is 0. The monoisotopic (exact) mass is 238 g/mol. The second-order valence-corrected chi connectivity index (χ2v) is 3.99. The molecule has 0 aliphatic carbocycles. The summed E-state index contributed by atoms with van der Waals surface area (Å²) in [6, 6.07) is 20.6. The lowest BCUT2D eigenvalue weighted by Gasteiger charge is -2.24. The van der Waals surface area contributed by atoms with Crippen molar-refractivity contribution < 1.29 is 0 Å². The van der Waals surface area contributed by atoms with Crippen LogP contribution in [0.4, 0.5) is 5.69 Å². The van der Waals surface area contributed by atoms with Crippen molar-refractivity contribution in [1.82, 2.24) is 0 Å². The number of para-hydroxylation sites is 1. The average molecular weight is 238 g/mol. The van der Waals surface area contributed by atoms with Crippen LogP contribution in [-0.2, 0) is 0 Å². The second-order valence-electron chi connectivity index (χ2n) is 3.99. The minimum Gasteiger partial charge on any atom is -0.326 e. The Morgan fingerprint density at radius 3 is 2.00 bits per heavy atom. The molecule has 0 spiro atoms. The molecule has 0 unspecified atom stereocenters. The van der Waals surface area contributed by atoms with Gasteiger partial charge in [0.05, 0.1) is 0 Å². The Morgan fingerprint density at radius 1 is 0.944 bits per heavy atom. The van der Waals surface area contributed by atoms with Gasteiger partial charge in [0.2, 0.25) is 0 Å². The van der Waals surface area contributed by atoms with Gasteiger partial charge < -0.3 is 4.90 Å². The Morgan fingerprint density at radius 2 is 1.50 bits per heavy atom. The molecule has 0 amide bonds. The van der Waals surface area contributed by atoms with Crippen molar-refractivity contribution in [2.45, 2.75) is 6.92 Å². The second kappa shape index (κ2) is 6.01. The summed E-state index contributed by atoms with van der Waals surface area (Å²) in [6.07, 6.45) is 0. The van der Waals surface area contributed by atoms with E-state index in [-0.39, 0.29) is 0 Å². The molecule has 0 aliphatic heterocycles. The number of hydrogen-bond donors (Lipinski definition) is 0. The maximum Gasteiger partial charge on any atom is 0.135 e. The standard InChI is InChI=1S/C16H18N2/c1-3-18(15-12-8-5-9-13-15)16(17-2)14-10-6-4-7-11-14/h4-13H,3H2,1-2H3. The smallest absolute Gasteiger partial charge is 0.135 e. The molecule has 0 atom stereocenters. The summed E-state index contributed by atoms with van der Waals surface area (Å²) in [6.45, 7) is 3.03. The van der Waals surface area contributed by atoms with Crippen molar-refractivity contribution in [3.8, 4) is 0 Å². The molecule has 0 heterocycles. The summed E-state index contributed by atoms with van der Waals surface area (Å²) in [7, 11) is 1.84. The molecule has 2 heteroatoms. The molecule has 2 aromatic rings. The van der Waals surface area contributed by atoms with Crippen molar-refractivity contribution >= 4 is 11.5 Å². The zero-order valence-corrected chi connectivity index (χ0v) is 10.9. The fourth-order valence-corrected chi connectivity index (χ4v) is 2.06. The predicted molar refractivity (Wildman–Crippen MR) is 78.4 cm³/mol. The number of rotatable bonds is 3. The van der Waals surface area contributed by atoms with E-state index in [0.717, 1.165) is 17.9 Å². The first kappa shape index (κ1) is 12.4. The quantitative estimate of drug-likeness (QED) is 0.589. The molecule has 92 valence electrons. The summed E-state index contributed by atoms with van der Waals surface area (Å²) in [4.78, 5) is 6.67. The molecule has 2 aromatic carbocycles. The van der Waals surface area contributed by atoms with Crippen LogP contribution in [0.5, 0.6) is 0 Å². The summed E-state index contributed by atoms with van der Waals surface area (Å²) in [5.74, 6) is 1.00. The zero-order valence-electron chi connectivity index (χ0n) is 10.9. The number of amidine groups is 1. The highest BCUT2D eigenvalue weighted by Gasteiger charge is 2.12. The van der Waals surface area contributed by atoms with Crippen LogP contribution in [0.3, 0.4) is 0 Å². The predicted octanol–water partition coefficient (Wildman–Crippen LogP) is 3.59. The van der Waals surface area contributed by atoms with Crippen molar-refractivity contribution in [3.05, 3.63) is 66.2 Å². The minimum atomic E-state index is 0.894. The van der Waals surface area contributed by atoms with Crippen molar-refractivity contribution in [3.63, 3.8) is 0 Å². The van der Waals surface area contributed by atoms with Crippen LogP contribution in [0.25, 0.3) is 0 Å².